The molecule has 8 nitrogen and oxygen atoms in total. The van der Waals surface area contributed by atoms with Crippen LogP contribution in [0, 0.1) is 10.1 Å². The lowest BCUT2D eigenvalue weighted by Gasteiger charge is -2.05. The van der Waals surface area contributed by atoms with E-state index in [1.165, 1.54) is 6.07 Å². The van der Waals surface area contributed by atoms with Crippen molar-refractivity contribution in [2.45, 2.75) is 19.5 Å². The monoisotopic (exact) mass is 311 g/mol. The molecule has 21 heavy (non-hydrogen) atoms. The van der Waals surface area contributed by atoms with Crippen molar-refractivity contribution in [3.05, 3.63) is 45.2 Å². The van der Waals surface area contributed by atoms with Crippen molar-refractivity contribution in [2.24, 2.45) is 0 Å². The summed E-state index contributed by atoms with van der Waals surface area (Å²) in [5.74, 6) is 0. The Morgan fingerprint density at radius 2 is 2.29 bits per heavy atom. The molecule has 0 saturated heterocycles. The first kappa shape index (κ1) is 15.2. The number of nitrogens with zero attached hydrogens (tertiary/aromatic N) is 4. The Kier molecular flexibility index (Phi) is 5.07. The minimum atomic E-state index is -0.494. The Morgan fingerprint density at radius 3 is 3.00 bits per heavy atom. The summed E-state index contributed by atoms with van der Waals surface area (Å²) in [6.45, 7) is 0.969. The smallest absolute Gasteiger partial charge is 0.293 e. The lowest BCUT2D eigenvalue weighted by molar-refractivity contribution is -0.383. The van der Waals surface area contributed by atoms with Crippen LogP contribution in [0.2, 0.25) is 5.02 Å². The van der Waals surface area contributed by atoms with Crippen LogP contribution >= 0.6 is 11.6 Å². The molecular formula is C12H14ClN5O3. The van der Waals surface area contributed by atoms with Gasteiger partial charge in [0.15, 0.2) is 0 Å². The number of anilines is 1. The maximum atomic E-state index is 11.0. The second-order valence-electron chi connectivity index (χ2n) is 4.32. The molecule has 0 unspecified atom stereocenters. The molecule has 2 N–H and O–H groups in total. The van der Waals surface area contributed by atoms with Crippen LogP contribution in [0.15, 0.2) is 24.4 Å². The van der Waals surface area contributed by atoms with Crippen LogP contribution in [-0.4, -0.2) is 31.6 Å². The van der Waals surface area contributed by atoms with Gasteiger partial charge in [0.2, 0.25) is 0 Å². The molecule has 0 saturated carbocycles. The van der Waals surface area contributed by atoms with Crippen LogP contribution in [-0.2, 0) is 13.1 Å². The SMILES string of the molecule is O=[N+]([O-])c1cc(Cl)ccc1NCc1cn(CCCO)nn1. The van der Waals surface area contributed by atoms with Gasteiger partial charge in [0.1, 0.15) is 11.4 Å². The van der Waals surface area contributed by atoms with Gasteiger partial charge in [-0.25, -0.2) is 0 Å². The van der Waals surface area contributed by atoms with Crippen molar-refractivity contribution in [1.29, 1.82) is 0 Å². The summed E-state index contributed by atoms with van der Waals surface area (Å²) in [7, 11) is 0. The van der Waals surface area contributed by atoms with E-state index in [2.05, 4.69) is 15.6 Å². The largest absolute Gasteiger partial charge is 0.396 e. The zero-order valence-electron chi connectivity index (χ0n) is 11.1. The number of nitrogens with one attached hydrogen (secondary N) is 1. The third-order valence-electron chi connectivity index (χ3n) is 2.75. The standard InChI is InChI=1S/C12H14ClN5O3/c13-9-2-3-11(12(6-9)18(20)21)14-7-10-8-17(16-15-10)4-1-5-19/h2-3,6,8,14,19H,1,4-5,7H2. The van der Waals surface area contributed by atoms with Gasteiger partial charge in [0, 0.05) is 24.2 Å². The molecule has 0 fully saturated rings. The number of halogens is 1. The summed E-state index contributed by atoms with van der Waals surface area (Å²) < 4.78 is 1.61. The number of rotatable bonds is 7. The van der Waals surface area contributed by atoms with Gasteiger partial charge in [-0.1, -0.05) is 16.8 Å². The number of aliphatic hydroxyl groups excluding tert-OH is 1. The van der Waals surface area contributed by atoms with E-state index in [-0.39, 0.29) is 12.3 Å². The Morgan fingerprint density at radius 1 is 1.48 bits per heavy atom. The van der Waals surface area contributed by atoms with E-state index >= 15 is 0 Å². The number of aromatic nitrogens is 3. The van der Waals surface area contributed by atoms with Gasteiger partial charge in [-0.05, 0) is 18.6 Å². The van der Waals surface area contributed by atoms with Crippen LogP contribution in [0.5, 0.6) is 0 Å². The molecule has 0 aliphatic carbocycles. The van der Waals surface area contributed by atoms with Gasteiger partial charge < -0.3 is 10.4 Å². The third kappa shape index (κ3) is 4.14. The molecule has 0 amide bonds. The van der Waals surface area contributed by atoms with Crippen LogP contribution in [0.25, 0.3) is 0 Å². The van der Waals surface area contributed by atoms with Gasteiger partial charge in [-0.15, -0.1) is 5.10 Å². The number of hydrogen-bond donors (Lipinski definition) is 2. The van der Waals surface area contributed by atoms with Crippen LogP contribution in [0.3, 0.4) is 0 Å². The Bertz CT molecular complexity index is 631. The molecule has 1 aromatic heterocycles. The molecule has 112 valence electrons. The molecule has 0 aliphatic heterocycles. The fourth-order valence-corrected chi connectivity index (χ4v) is 1.92. The van der Waals surface area contributed by atoms with Crippen molar-refractivity contribution in [3.63, 3.8) is 0 Å². The van der Waals surface area contributed by atoms with E-state index in [9.17, 15) is 10.1 Å². The quantitative estimate of drug-likeness (QED) is 0.597. The zero-order valence-corrected chi connectivity index (χ0v) is 11.8. The van der Waals surface area contributed by atoms with E-state index < -0.39 is 4.92 Å². The van der Waals surface area contributed by atoms with E-state index in [0.717, 1.165) is 0 Å². The molecule has 0 spiro atoms. The first-order valence-corrected chi connectivity index (χ1v) is 6.65. The molecule has 2 aromatic rings. The highest BCUT2D eigenvalue weighted by Gasteiger charge is 2.14. The molecule has 0 bridgehead atoms. The maximum absolute atomic E-state index is 11.0. The Hall–Kier alpha value is -2.19. The predicted octanol–water partition coefficient (Wildman–Crippen LogP) is 1.83. The summed E-state index contributed by atoms with van der Waals surface area (Å²) in [4.78, 5) is 10.5. The normalized spacial score (nSPS) is 10.6. The molecule has 1 aromatic carbocycles. The molecule has 9 heteroatoms. The minimum absolute atomic E-state index is 0.0877. The van der Waals surface area contributed by atoms with Crippen LogP contribution < -0.4 is 5.32 Å². The van der Waals surface area contributed by atoms with E-state index in [1.54, 1.807) is 23.0 Å². The molecule has 0 atom stereocenters. The fourth-order valence-electron chi connectivity index (χ4n) is 1.75. The minimum Gasteiger partial charge on any atom is -0.396 e. The van der Waals surface area contributed by atoms with Crippen LogP contribution in [0.4, 0.5) is 11.4 Å². The lowest BCUT2D eigenvalue weighted by atomic mass is 10.2. The van der Waals surface area contributed by atoms with E-state index in [0.29, 0.717) is 35.9 Å². The van der Waals surface area contributed by atoms with Gasteiger partial charge >= 0.3 is 0 Å². The lowest BCUT2D eigenvalue weighted by Crippen LogP contribution is -2.03. The van der Waals surface area contributed by atoms with Gasteiger partial charge in [0.05, 0.1) is 17.7 Å². The van der Waals surface area contributed by atoms with Crippen molar-refractivity contribution >= 4 is 23.0 Å². The highest BCUT2D eigenvalue weighted by atomic mass is 35.5. The number of aliphatic hydroxyl groups is 1. The van der Waals surface area contributed by atoms with Gasteiger partial charge in [-0.3, -0.25) is 14.8 Å². The predicted molar refractivity (Wildman–Crippen MR) is 77.2 cm³/mol. The van der Waals surface area contributed by atoms with E-state index in [4.69, 9.17) is 16.7 Å². The third-order valence-corrected chi connectivity index (χ3v) is 2.98. The summed E-state index contributed by atoms with van der Waals surface area (Å²) in [5, 5.41) is 30.8. The highest BCUT2D eigenvalue weighted by Crippen LogP contribution is 2.27. The first-order chi connectivity index (χ1) is 10.1. The molecular weight excluding hydrogens is 298 g/mol. The summed E-state index contributed by atoms with van der Waals surface area (Å²) >= 11 is 5.75. The van der Waals surface area contributed by atoms with Gasteiger partial charge in [0.25, 0.3) is 5.69 Å². The summed E-state index contributed by atoms with van der Waals surface area (Å²) in [6, 6.07) is 4.42. The molecule has 2 rings (SSSR count). The Labute approximate surface area is 125 Å². The second kappa shape index (κ2) is 7.00. The average Bonchev–Trinajstić information content (AvgIpc) is 2.91. The fraction of sp³-hybridized carbons (Fsp3) is 0.333. The zero-order chi connectivity index (χ0) is 15.2. The van der Waals surface area contributed by atoms with Crippen molar-refractivity contribution < 1.29 is 10.0 Å². The van der Waals surface area contributed by atoms with Crippen molar-refractivity contribution in [2.75, 3.05) is 11.9 Å². The molecule has 0 radical (unpaired) electrons. The second-order valence-corrected chi connectivity index (χ2v) is 4.76. The number of nitro benzene ring substituents is 1. The number of benzene rings is 1. The number of hydrogen-bond acceptors (Lipinski definition) is 6. The Balaban J connectivity index is 2.03. The average molecular weight is 312 g/mol. The van der Waals surface area contributed by atoms with Gasteiger partial charge in [-0.2, -0.15) is 0 Å². The summed E-state index contributed by atoms with van der Waals surface area (Å²) in [6.07, 6.45) is 2.32. The van der Waals surface area contributed by atoms with Crippen molar-refractivity contribution in [3.8, 4) is 0 Å². The molecule has 1 heterocycles. The summed E-state index contributed by atoms with van der Waals surface area (Å²) in [5.41, 5.74) is 0.932. The highest BCUT2D eigenvalue weighted by molar-refractivity contribution is 6.30. The number of aryl methyl sites for hydroxylation is 1. The van der Waals surface area contributed by atoms with E-state index in [1.807, 2.05) is 0 Å². The number of nitro groups is 1. The first-order valence-electron chi connectivity index (χ1n) is 6.28. The maximum Gasteiger partial charge on any atom is 0.293 e. The topological polar surface area (TPSA) is 106 Å². The van der Waals surface area contributed by atoms with Crippen molar-refractivity contribution in [1.82, 2.24) is 15.0 Å². The molecule has 0 aliphatic rings. The van der Waals surface area contributed by atoms with Crippen LogP contribution in [0.1, 0.15) is 12.1 Å².